The van der Waals surface area contributed by atoms with Crippen LogP contribution in [0.15, 0.2) is 59.0 Å². The lowest BCUT2D eigenvalue weighted by molar-refractivity contribution is 0.653. The van der Waals surface area contributed by atoms with Crippen LogP contribution in [0.3, 0.4) is 0 Å². The normalized spacial score (nSPS) is 12.0. The Morgan fingerprint density at radius 3 is 2.65 bits per heavy atom. The molecule has 0 unspecified atom stereocenters. The van der Waals surface area contributed by atoms with Crippen molar-refractivity contribution in [3.05, 3.63) is 60.3 Å². The van der Waals surface area contributed by atoms with Gasteiger partial charge in [0.05, 0.1) is 5.56 Å². The molecular weight excluding hydrogens is 360 g/mol. The van der Waals surface area contributed by atoms with E-state index in [-0.39, 0.29) is 0 Å². The first kappa shape index (κ1) is 14.4. The van der Waals surface area contributed by atoms with Crippen LogP contribution in [0.2, 0.25) is 0 Å². The first-order valence-electron chi connectivity index (χ1n) is 8.35. The molecule has 0 saturated carbocycles. The number of thiophene rings is 1. The van der Waals surface area contributed by atoms with Crippen LogP contribution in [0.4, 0.5) is 0 Å². The van der Waals surface area contributed by atoms with Crippen LogP contribution in [0, 0.1) is 6.92 Å². The lowest BCUT2D eigenvalue weighted by Crippen LogP contribution is -1.78. The van der Waals surface area contributed by atoms with Crippen LogP contribution in [0.1, 0.15) is 5.69 Å². The van der Waals surface area contributed by atoms with E-state index in [4.69, 9.17) is 9.40 Å². The molecule has 26 heavy (non-hydrogen) atoms. The largest absolute Gasteiger partial charge is 0.437 e. The lowest BCUT2D eigenvalue weighted by atomic mass is 10.1. The van der Waals surface area contributed by atoms with E-state index >= 15 is 0 Å². The standard InChI is InChI=1S/C21H12N2OS2/c1-11-9-10-13-12-6-4-7-15(18(12)24-19(13)22-11)20-23-17-14-5-2-3-8-16(14)25-21(17)26-20/h2-10H,1H3. The molecule has 0 saturated heterocycles. The van der Waals surface area contributed by atoms with Crippen LogP contribution in [-0.2, 0) is 0 Å². The van der Waals surface area contributed by atoms with Crippen LogP contribution >= 0.6 is 22.7 Å². The molecule has 0 N–H and O–H groups in total. The topological polar surface area (TPSA) is 38.9 Å². The summed E-state index contributed by atoms with van der Waals surface area (Å²) < 4.78 is 8.68. The number of aromatic nitrogens is 2. The molecule has 0 atom stereocenters. The quantitative estimate of drug-likeness (QED) is 0.319. The lowest BCUT2D eigenvalue weighted by Gasteiger charge is -1.97. The summed E-state index contributed by atoms with van der Waals surface area (Å²) in [5, 5.41) is 4.37. The molecule has 2 aromatic carbocycles. The predicted octanol–water partition coefficient (Wildman–Crippen LogP) is 6.78. The molecule has 4 heterocycles. The SMILES string of the molecule is Cc1ccc2c(n1)oc1c(-c3nc4c(s3)sc3ccccc34)cccc12. The van der Waals surface area contributed by atoms with Gasteiger partial charge in [-0.05, 0) is 31.2 Å². The van der Waals surface area contributed by atoms with Crippen LogP contribution in [0.25, 0.3) is 52.3 Å². The summed E-state index contributed by atoms with van der Waals surface area (Å²) in [6.45, 7) is 1.98. The number of furan rings is 1. The van der Waals surface area contributed by atoms with Crippen molar-refractivity contribution in [3.63, 3.8) is 0 Å². The summed E-state index contributed by atoms with van der Waals surface area (Å²) in [7, 11) is 0. The van der Waals surface area contributed by atoms with Crippen molar-refractivity contribution in [2.45, 2.75) is 6.92 Å². The fraction of sp³-hybridized carbons (Fsp3) is 0.0476. The van der Waals surface area contributed by atoms with E-state index in [1.807, 2.05) is 13.0 Å². The van der Waals surface area contributed by atoms with Gasteiger partial charge < -0.3 is 4.42 Å². The van der Waals surface area contributed by atoms with E-state index in [0.717, 1.165) is 38.1 Å². The zero-order valence-corrected chi connectivity index (χ0v) is 15.4. The molecule has 0 aliphatic carbocycles. The van der Waals surface area contributed by atoms with E-state index < -0.39 is 0 Å². The molecule has 0 bridgehead atoms. The number of hydrogen-bond donors (Lipinski definition) is 0. The number of hydrogen-bond acceptors (Lipinski definition) is 5. The summed E-state index contributed by atoms with van der Waals surface area (Å²) >= 11 is 3.53. The van der Waals surface area contributed by atoms with Gasteiger partial charge in [0.2, 0.25) is 5.71 Å². The van der Waals surface area contributed by atoms with Crippen molar-refractivity contribution in [1.82, 2.24) is 9.97 Å². The summed E-state index contributed by atoms with van der Waals surface area (Å²) in [4.78, 5) is 9.50. The highest BCUT2D eigenvalue weighted by Crippen LogP contribution is 2.42. The Hall–Kier alpha value is -2.76. The number of fused-ring (bicyclic) bond motifs is 6. The second kappa shape index (κ2) is 5.13. The average Bonchev–Trinajstić information content (AvgIpc) is 3.30. The smallest absolute Gasteiger partial charge is 0.227 e. The highest BCUT2D eigenvalue weighted by Gasteiger charge is 2.17. The molecule has 0 amide bonds. The third-order valence-corrected chi connectivity index (χ3v) is 7.01. The number of thiazole rings is 1. The minimum absolute atomic E-state index is 0.691. The van der Waals surface area contributed by atoms with Crippen LogP contribution in [-0.4, -0.2) is 9.97 Å². The molecule has 4 aromatic heterocycles. The fourth-order valence-electron chi connectivity index (χ4n) is 3.45. The van der Waals surface area contributed by atoms with Gasteiger partial charge in [-0.15, -0.1) is 22.7 Å². The second-order valence-electron chi connectivity index (χ2n) is 6.34. The third kappa shape index (κ3) is 1.92. The Kier molecular flexibility index (Phi) is 2.84. The van der Waals surface area contributed by atoms with Crippen molar-refractivity contribution in [2.75, 3.05) is 0 Å². The van der Waals surface area contributed by atoms with Gasteiger partial charge in [0, 0.05) is 26.6 Å². The fourth-order valence-corrected chi connectivity index (χ4v) is 5.83. The molecule has 6 aromatic rings. The number of pyridine rings is 1. The van der Waals surface area contributed by atoms with Gasteiger partial charge in [-0.25, -0.2) is 9.97 Å². The summed E-state index contributed by atoms with van der Waals surface area (Å²) in [5.41, 5.74) is 4.64. The number of nitrogens with zero attached hydrogens (tertiary/aromatic N) is 2. The zero-order valence-electron chi connectivity index (χ0n) is 13.8. The minimum atomic E-state index is 0.691. The molecule has 5 heteroatoms. The maximum atomic E-state index is 6.14. The van der Waals surface area contributed by atoms with Gasteiger partial charge in [-0.1, -0.05) is 30.3 Å². The molecule has 3 nitrogen and oxygen atoms in total. The van der Waals surface area contributed by atoms with Crippen LogP contribution in [0.5, 0.6) is 0 Å². The predicted molar refractivity (Wildman–Crippen MR) is 110 cm³/mol. The van der Waals surface area contributed by atoms with Gasteiger partial charge in [-0.3, -0.25) is 0 Å². The van der Waals surface area contributed by atoms with Crippen molar-refractivity contribution in [1.29, 1.82) is 0 Å². The van der Waals surface area contributed by atoms with Crippen molar-refractivity contribution < 1.29 is 4.42 Å². The van der Waals surface area contributed by atoms with Crippen molar-refractivity contribution >= 4 is 64.4 Å². The van der Waals surface area contributed by atoms with E-state index in [1.165, 1.54) is 14.1 Å². The first-order valence-corrected chi connectivity index (χ1v) is 9.98. The Morgan fingerprint density at radius 2 is 1.69 bits per heavy atom. The summed E-state index contributed by atoms with van der Waals surface area (Å²) in [6.07, 6.45) is 0. The van der Waals surface area contributed by atoms with Gasteiger partial charge >= 0.3 is 0 Å². The first-order chi connectivity index (χ1) is 12.8. The van der Waals surface area contributed by atoms with E-state index in [0.29, 0.717) is 5.71 Å². The van der Waals surface area contributed by atoms with E-state index in [9.17, 15) is 0 Å². The number of benzene rings is 2. The molecule has 0 aliphatic heterocycles. The molecule has 0 aliphatic rings. The zero-order chi connectivity index (χ0) is 17.3. The molecular formula is C21H12N2OS2. The van der Waals surface area contributed by atoms with E-state index in [1.54, 1.807) is 22.7 Å². The second-order valence-corrected chi connectivity index (χ2v) is 8.65. The maximum Gasteiger partial charge on any atom is 0.227 e. The minimum Gasteiger partial charge on any atom is -0.437 e. The Morgan fingerprint density at radius 1 is 0.808 bits per heavy atom. The highest BCUT2D eigenvalue weighted by molar-refractivity contribution is 7.42. The molecule has 124 valence electrons. The molecule has 0 spiro atoms. The Labute approximate surface area is 156 Å². The number of aryl methyl sites for hydroxylation is 1. The van der Waals surface area contributed by atoms with Crippen molar-refractivity contribution in [2.24, 2.45) is 0 Å². The van der Waals surface area contributed by atoms with Gasteiger partial charge in [-0.2, -0.15) is 0 Å². The Balaban J connectivity index is 1.66. The average molecular weight is 372 g/mol. The van der Waals surface area contributed by atoms with Gasteiger partial charge in [0.25, 0.3) is 0 Å². The monoisotopic (exact) mass is 372 g/mol. The highest BCUT2D eigenvalue weighted by atomic mass is 32.2. The number of para-hydroxylation sites is 1. The van der Waals surface area contributed by atoms with Gasteiger partial charge in [0.15, 0.2) is 0 Å². The van der Waals surface area contributed by atoms with E-state index in [2.05, 4.69) is 53.5 Å². The Bertz CT molecular complexity index is 1460. The third-order valence-electron chi connectivity index (χ3n) is 4.67. The van der Waals surface area contributed by atoms with Gasteiger partial charge in [0.1, 0.15) is 20.1 Å². The van der Waals surface area contributed by atoms with Crippen molar-refractivity contribution in [3.8, 4) is 10.6 Å². The maximum absolute atomic E-state index is 6.14. The molecule has 0 fully saturated rings. The molecule has 6 rings (SSSR count). The van der Waals surface area contributed by atoms with Crippen LogP contribution < -0.4 is 0 Å². The summed E-state index contributed by atoms with van der Waals surface area (Å²) in [6, 6.07) is 18.8. The summed E-state index contributed by atoms with van der Waals surface area (Å²) in [5.74, 6) is 0. The molecule has 0 radical (unpaired) electrons. The number of rotatable bonds is 1.